The fourth-order valence-electron chi connectivity index (χ4n) is 2.34. The Morgan fingerprint density at radius 2 is 1.91 bits per heavy atom. The van der Waals surface area contributed by atoms with Crippen LogP contribution in [-0.4, -0.2) is 16.8 Å². The average molecular weight is 342 g/mol. The Bertz CT molecular complexity index is 833. The van der Waals surface area contributed by atoms with Gasteiger partial charge in [-0.2, -0.15) is 13.2 Å². The number of aromatic hydroxyl groups is 1. The van der Waals surface area contributed by atoms with Gasteiger partial charge in [0.15, 0.2) is 0 Å². The maximum absolute atomic E-state index is 13.3. The quantitative estimate of drug-likeness (QED) is 0.715. The Morgan fingerprint density at radius 1 is 1.13 bits per heavy atom. The molecule has 122 valence electrons. The molecule has 0 radical (unpaired) electrons. The van der Waals surface area contributed by atoms with Gasteiger partial charge < -0.3 is 14.6 Å². The van der Waals surface area contributed by atoms with Crippen LogP contribution >= 0.6 is 11.3 Å². The van der Waals surface area contributed by atoms with Crippen molar-refractivity contribution in [2.24, 2.45) is 0 Å². The Kier molecular flexibility index (Phi) is 4.08. The van der Waals surface area contributed by atoms with Crippen molar-refractivity contribution in [1.82, 2.24) is 0 Å². The lowest BCUT2D eigenvalue weighted by Crippen LogP contribution is -2.04. The van der Waals surface area contributed by atoms with Crippen LogP contribution in [0.3, 0.4) is 0 Å². The van der Waals surface area contributed by atoms with Gasteiger partial charge >= 0.3 is 6.18 Å². The number of hydrogen-bond donors (Lipinski definition) is 2. The largest absolute Gasteiger partial charge is 0.508 e. The molecule has 7 heteroatoms. The second-order valence-corrected chi connectivity index (χ2v) is 6.25. The van der Waals surface area contributed by atoms with E-state index in [4.69, 9.17) is 9.52 Å². The smallest absolute Gasteiger partial charge is 0.417 e. The molecule has 2 N–H and O–H groups in total. The number of thiophene rings is 1. The van der Waals surface area contributed by atoms with Gasteiger partial charge in [0.2, 0.25) is 0 Å². The van der Waals surface area contributed by atoms with Gasteiger partial charge in [-0.25, -0.2) is 0 Å². The average Bonchev–Trinajstić information content (AvgIpc) is 3.07. The van der Waals surface area contributed by atoms with E-state index in [9.17, 15) is 18.3 Å². The molecule has 2 heterocycles. The highest BCUT2D eigenvalue weighted by molar-refractivity contribution is 7.15. The van der Waals surface area contributed by atoms with Crippen LogP contribution < -0.4 is 0 Å². The molecule has 1 aromatic carbocycles. The van der Waals surface area contributed by atoms with Crippen LogP contribution in [0.1, 0.15) is 16.9 Å². The molecule has 0 aliphatic heterocycles. The van der Waals surface area contributed by atoms with Gasteiger partial charge in [0.1, 0.15) is 17.1 Å². The summed E-state index contributed by atoms with van der Waals surface area (Å²) in [5, 5.41) is 18.9. The summed E-state index contributed by atoms with van der Waals surface area (Å²) in [4.78, 5) is 0.561. The van der Waals surface area contributed by atoms with Gasteiger partial charge in [0.25, 0.3) is 0 Å². The number of aliphatic hydroxyl groups is 1. The lowest BCUT2D eigenvalue weighted by molar-refractivity contribution is -0.136. The van der Waals surface area contributed by atoms with Gasteiger partial charge in [0, 0.05) is 22.9 Å². The number of phenolic OH excluding ortho intramolecular Hbond substituents is 1. The SMILES string of the molecule is OCCCc1cc(C(F)(F)F)c(-c2cc3ccc(O)cc3o2)s1. The molecule has 0 fully saturated rings. The summed E-state index contributed by atoms with van der Waals surface area (Å²) < 4.78 is 45.3. The molecule has 0 bridgehead atoms. The van der Waals surface area contributed by atoms with Crippen LogP contribution in [-0.2, 0) is 12.6 Å². The Morgan fingerprint density at radius 3 is 2.61 bits per heavy atom. The highest BCUT2D eigenvalue weighted by atomic mass is 32.1. The molecule has 0 aliphatic rings. The molecule has 0 saturated heterocycles. The fourth-order valence-corrected chi connectivity index (χ4v) is 3.52. The number of benzene rings is 1. The van der Waals surface area contributed by atoms with E-state index in [1.165, 1.54) is 18.2 Å². The number of phenols is 1. The molecule has 0 saturated carbocycles. The van der Waals surface area contributed by atoms with Gasteiger partial charge in [-0.05, 0) is 37.1 Å². The molecular weight excluding hydrogens is 329 g/mol. The monoisotopic (exact) mass is 342 g/mol. The number of hydrogen-bond acceptors (Lipinski definition) is 4. The zero-order chi connectivity index (χ0) is 16.6. The molecule has 0 spiro atoms. The summed E-state index contributed by atoms with van der Waals surface area (Å²) in [6.07, 6.45) is -3.69. The first-order valence-electron chi connectivity index (χ1n) is 6.92. The minimum absolute atomic E-state index is 0.00995. The van der Waals surface area contributed by atoms with E-state index >= 15 is 0 Å². The van der Waals surface area contributed by atoms with Gasteiger partial charge in [-0.3, -0.25) is 0 Å². The molecule has 0 atom stereocenters. The van der Waals surface area contributed by atoms with Crippen molar-refractivity contribution in [3.8, 4) is 16.4 Å². The van der Waals surface area contributed by atoms with Crippen molar-refractivity contribution in [2.75, 3.05) is 6.61 Å². The minimum Gasteiger partial charge on any atom is -0.508 e. The summed E-state index contributed by atoms with van der Waals surface area (Å²) >= 11 is 1.01. The van der Waals surface area contributed by atoms with Crippen LogP contribution in [0.15, 0.2) is 34.7 Å². The topological polar surface area (TPSA) is 53.6 Å². The molecule has 3 aromatic rings. The molecule has 3 rings (SSSR count). The second-order valence-electron chi connectivity index (χ2n) is 5.11. The summed E-state index contributed by atoms with van der Waals surface area (Å²) in [6.45, 7) is -0.0709. The predicted octanol–water partition coefficient (Wildman–Crippen LogP) is 4.81. The van der Waals surface area contributed by atoms with Gasteiger partial charge in [-0.1, -0.05) is 0 Å². The number of halogens is 3. The number of alkyl halides is 3. The lowest BCUT2D eigenvalue weighted by atomic mass is 10.1. The van der Waals surface area contributed by atoms with Crippen LogP contribution in [0.5, 0.6) is 5.75 Å². The first kappa shape index (κ1) is 15.9. The number of furan rings is 1. The van der Waals surface area contributed by atoms with Crippen molar-refractivity contribution in [3.05, 3.63) is 40.8 Å². The zero-order valence-corrected chi connectivity index (χ0v) is 12.7. The van der Waals surface area contributed by atoms with Crippen LogP contribution in [0.4, 0.5) is 13.2 Å². The molecule has 2 aromatic heterocycles. The van der Waals surface area contributed by atoms with E-state index in [1.54, 1.807) is 6.07 Å². The molecule has 3 nitrogen and oxygen atoms in total. The maximum Gasteiger partial charge on any atom is 0.417 e. The first-order valence-corrected chi connectivity index (χ1v) is 7.74. The Balaban J connectivity index is 2.10. The van der Waals surface area contributed by atoms with E-state index < -0.39 is 11.7 Å². The highest BCUT2D eigenvalue weighted by Gasteiger charge is 2.36. The fraction of sp³-hybridized carbons (Fsp3) is 0.250. The third-order valence-corrected chi connectivity index (χ3v) is 4.61. The van der Waals surface area contributed by atoms with Crippen molar-refractivity contribution < 1.29 is 27.8 Å². The van der Waals surface area contributed by atoms with E-state index in [0.717, 1.165) is 17.4 Å². The summed E-state index contributed by atoms with van der Waals surface area (Å²) in [5.41, 5.74) is -0.405. The molecule has 0 unspecified atom stereocenters. The van der Waals surface area contributed by atoms with Crippen molar-refractivity contribution in [1.29, 1.82) is 0 Å². The summed E-state index contributed by atoms with van der Waals surface area (Å²) in [7, 11) is 0. The van der Waals surface area contributed by atoms with E-state index in [-0.39, 0.29) is 23.0 Å². The molecule has 0 amide bonds. The standard InChI is InChI=1S/C16H13F3O3S/c17-16(18,19)12-8-11(2-1-5-20)23-15(12)14-6-9-3-4-10(21)7-13(9)22-14/h3-4,6-8,20-21H,1-2,5H2. The van der Waals surface area contributed by atoms with Crippen molar-refractivity contribution in [3.63, 3.8) is 0 Å². The predicted molar refractivity (Wildman–Crippen MR) is 81.6 cm³/mol. The maximum atomic E-state index is 13.3. The number of aliphatic hydroxyl groups excluding tert-OH is 1. The number of rotatable bonds is 4. The van der Waals surface area contributed by atoms with E-state index in [0.29, 0.717) is 28.7 Å². The van der Waals surface area contributed by atoms with E-state index in [1.807, 2.05) is 0 Å². The van der Waals surface area contributed by atoms with Crippen LogP contribution in [0.25, 0.3) is 21.6 Å². The highest BCUT2D eigenvalue weighted by Crippen LogP contribution is 2.44. The molecular formula is C16H13F3O3S. The van der Waals surface area contributed by atoms with Crippen LogP contribution in [0.2, 0.25) is 0 Å². The normalized spacial score (nSPS) is 12.2. The van der Waals surface area contributed by atoms with Gasteiger partial charge in [-0.15, -0.1) is 11.3 Å². The third-order valence-electron chi connectivity index (χ3n) is 3.40. The molecule has 23 heavy (non-hydrogen) atoms. The first-order chi connectivity index (χ1) is 10.9. The van der Waals surface area contributed by atoms with Crippen molar-refractivity contribution in [2.45, 2.75) is 19.0 Å². The zero-order valence-electron chi connectivity index (χ0n) is 11.9. The minimum atomic E-state index is -4.48. The Labute approximate surface area is 133 Å². The summed E-state index contributed by atoms with van der Waals surface area (Å²) in [5.74, 6) is 0.113. The molecule has 0 aliphatic carbocycles. The Hall–Kier alpha value is -1.99. The number of aryl methyl sites for hydroxylation is 1. The lowest BCUT2D eigenvalue weighted by Gasteiger charge is -2.05. The third kappa shape index (κ3) is 3.20. The summed E-state index contributed by atoms with van der Waals surface area (Å²) in [6, 6.07) is 7.05. The van der Waals surface area contributed by atoms with Crippen molar-refractivity contribution >= 4 is 22.3 Å². The number of fused-ring (bicyclic) bond motifs is 1. The second kappa shape index (κ2) is 5.90. The van der Waals surface area contributed by atoms with Crippen LogP contribution in [0, 0.1) is 0 Å². The van der Waals surface area contributed by atoms with E-state index in [2.05, 4.69) is 0 Å². The van der Waals surface area contributed by atoms with Gasteiger partial charge in [0.05, 0.1) is 10.4 Å².